The molecule has 156 valence electrons. The molecule has 1 fully saturated rings. The van der Waals surface area contributed by atoms with Gasteiger partial charge in [0.15, 0.2) is 5.96 Å². The number of guanidine groups is 1. The molecule has 0 spiro atoms. The van der Waals surface area contributed by atoms with Gasteiger partial charge in [-0.25, -0.2) is 4.39 Å². The van der Waals surface area contributed by atoms with Crippen LogP contribution in [0.1, 0.15) is 38.2 Å². The molecule has 0 unspecified atom stereocenters. The minimum absolute atomic E-state index is 0.0557. The van der Waals surface area contributed by atoms with Crippen molar-refractivity contribution in [2.75, 3.05) is 39.8 Å². The molecule has 0 aromatic heterocycles. The van der Waals surface area contributed by atoms with Gasteiger partial charge in [-0.05, 0) is 69.9 Å². The number of hydrogen-bond donors (Lipinski definition) is 2. The first-order chi connectivity index (χ1) is 13.5. The zero-order chi connectivity index (χ0) is 20.4. The molecule has 0 aliphatic carbocycles. The number of hydrogen-bond acceptors (Lipinski definition) is 3. The number of benzene rings is 1. The Labute approximate surface area is 168 Å². The number of halogens is 1. The van der Waals surface area contributed by atoms with Crippen LogP contribution in [0.15, 0.2) is 29.3 Å². The monoisotopic (exact) mass is 391 g/mol. The van der Waals surface area contributed by atoms with Crippen molar-refractivity contribution < 1.29 is 9.18 Å². The van der Waals surface area contributed by atoms with Gasteiger partial charge in [0.05, 0.1) is 0 Å². The van der Waals surface area contributed by atoms with E-state index in [9.17, 15) is 9.18 Å². The lowest BCUT2D eigenvalue weighted by atomic mass is 9.96. The first-order valence-electron chi connectivity index (χ1n) is 10.2. The zero-order valence-electron chi connectivity index (χ0n) is 17.2. The molecule has 0 bridgehead atoms. The molecular formula is C21H34FN5O. The number of rotatable bonds is 9. The largest absolute Gasteiger partial charge is 0.369 e. The van der Waals surface area contributed by atoms with E-state index in [0.717, 1.165) is 69.9 Å². The number of unbranched alkanes of at least 4 members (excludes halogenated alkanes) is 1. The Kier molecular flexibility index (Phi) is 9.20. The second-order valence-electron chi connectivity index (χ2n) is 7.44. The van der Waals surface area contributed by atoms with E-state index in [4.69, 9.17) is 10.7 Å². The van der Waals surface area contributed by atoms with Gasteiger partial charge in [0, 0.05) is 32.6 Å². The maximum absolute atomic E-state index is 13.1. The highest BCUT2D eigenvalue weighted by Crippen LogP contribution is 2.16. The fourth-order valence-electron chi connectivity index (χ4n) is 3.48. The molecule has 1 amide bonds. The van der Waals surface area contributed by atoms with Crippen LogP contribution >= 0.6 is 0 Å². The van der Waals surface area contributed by atoms with E-state index in [0.29, 0.717) is 6.54 Å². The summed E-state index contributed by atoms with van der Waals surface area (Å²) in [6.45, 7) is 7.27. The van der Waals surface area contributed by atoms with Crippen molar-refractivity contribution in [3.8, 4) is 0 Å². The van der Waals surface area contributed by atoms with Gasteiger partial charge in [0.25, 0.3) is 0 Å². The molecule has 1 aromatic carbocycles. The molecule has 0 saturated carbocycles. The normalized spacial score (nSPS) is 16.2. The second-order valence-corrected chi connectivity index (χ2v) is 7.44. The highest BCUT2D eigenvalue weighted by atomic mass is 19.1. The van der Waals surface area contributed by atoms with Crippen LogP contribution in [0, 0.1) is 11.7 Å². The number of nitrogens with two attached hydrogens (primary N) is 1. The lowest BCUT2D eigenvalue weighted by Gasteiger charge is -2.30. The lowest BCUT2D eigenvalue weighted by Crippen LogP contribution is -2.39. The fourth-order valence-corrected chi connectivity index (χ4v) is 3.48. The Morgan fingerprint density at radius 3 is 2.57 bits per heavy atom. The van der Waals surface area contributed by atoms with Crippen LogP contribution in [0.4, 0.5) is 4.39 Å². The van der Waals surface area contributed by atoms with Crippen molar-refractivity contribution in [2.45, 2.75) is 39.2 Å². The number of amides is 1. The predicted molar refractivity (Wildman–Crippen MR) is 111 cm³/mol. The smallest absolute Gasteiger partial charge is 0.220 e. The zero-order valence-corrected chi connectivity index (χ0v) is 17.2. The summed E-state index contributed by atoms with van der Waals surface area (Å²) < 4.78 is 13.1. The Hall–Kier alpha value is -2.15. The van der Waals surface area contributed by atoms with Gasteiger partial charge in [-0.15, -0.1) is 0 Å². The minimum atomic E-state index is -0.217. The molecule has 7 heteroatoms. The summed E-state index contributed by atoms with van der Waals surface area (Å²) in [5.41, 5.74) is 6.44. The van der Waals surface area contributed by atoms with Crippen molar-refractivity contribution >= 4 is 11.9 Å². The Morgan fingerprint density at radius 2 is 1.96 bits per heavy atom. The average molecular weight is 392 g/mol. The number of aliphatic imine (C=N–C) groups is 1. The average Bonchev–Trinajstić information content (AvgIpc) is 2.69. The molecule has 0 atom stereocenters. The third kappa shape index (κ3) is 7.46. The number of nitrogens with zero attached hydrogens (tertiary/aromatic N) is 3. The molecular weight excluding hydrogens is 357 g/mol. The summed E-state index contributed by atoms with van der Waals surface area (Å²) in [7, 11) is 1.99. The van der Waals surface area contributed by atoms with Gasteiger partial charge in [-0.1, -0.05) is 12.1 Å². The fraction of sp³-hybridized carbons (Fsp3) is 0.619. The molecule has 6 nitrogen and oxygen atoms in total. The summed E-state index contributed by atoms with van der Waals surface area (Å²) >= 11 is 0. The third-order valence-electron chi connectivity index (χ3n) is 5.16. The summed E-state index contributed by atoms with van der Waals surface area (Å²) in [4.78, 5) is 20.4. The van der Waals surface area contributed by atoms with Gasteiger partial charge >= 0.3 is 0 Å². The van der Waals surface area contributed by atoms with Gasteiger partial charge < -0.3 is 20.9 Å². The van der Waals surface area contributed by atoms with E-state index in [1.807, 2.05) is 7.05 Å². The van der Waals surface area contributed by atoms with Crippen LogP contribution in [0.25, 0.3) is 0 Å². The summed E-state index contributed by atoms with van der Waals surface area (Å²) in [6.07, 6.45) is 3.87. The predicted octanol–water partition coefficient (Wildman–Crippen LogP) is 2.20. The highest BCUT2D eigenvalue weighted by molar-refractivity contribution is 5.79. The summed E-state index contributed by atoms with van der Waals surface area (Å²) in [5.74, 6) is 0.551. The number of carbonyl (C=O) groups is 1. The number of nitrogens with one attached hydrogen (secondary N) is 1. The quantitative estimate of drug-likeness (QED) is 0.384. The lowest BCUT2D eigenvalue weighted by molar-refractivity contribution is -0.123. The van der Waals surface area contributed by atoms with Crippen molar-refractivity contribution in [3.63, 3.8) is 0 Å². The van der Waals surface area contributed by atoms with Crippen LogP contribution in [0.5, 0.6) is 0 Å². The molecule has 1 aliphatic rings. The van der Waals surface area contributed by atoms with Gasteiger partial charge in [0.1, 0.15) is 5.82 Å². The number of likely N-dealkylation sites (tertiary alicyclic amines) is 1. The van der Waals surface area contributed by atoms with Crippen molar-refractivity contribution in [2.24, 2.45) is 16.6 Å². The molecule has 0 radical (unpaired) electrons. The first kappa shape index (κ1) is 22.1. The van der Waals surface area contributed by atoms with Gasteiger partial charge in [-0.2, -0.15) is 0 Å². The number of piperidine rings is 1. The molecule has 1 aliphatic heterocycles. The minimum Gasteiger partial charge on any atom is -0.369 e. The Balaban J connectivity index is 1.71. The standard InChI is InChI=1S/C21H34FN5O/c1-3-24-21(26(2)16-17-6-8-19(22)9-7-17)25-12-4-5-13-27-14-10-18(11-15-27)20(23)28/h6-9,18H,3-5,10-16H2,1-2H3,(H2,23,28)(H,24,25). The molecule has 1 aromatic rings. The van der Waals surface area contributed by atoms with Crippen LogP contribution in [-0.4, -0.2) is 61.4 Å². The van der Waals surface area contributed by atoms with Crippen molar-refractivity contribution in [3.05, 3.63) is 35.6 Å². The van der Waals surface area contributed by atoms with E-state index in [1.165, 1.54) is 12.1 Å². The van der Waals surface area contributed by atoms with Crippen molar-refractivity contribution in [1.82, 2.24) is 15.1 Å². The first-order valence-corrected chi connectivity index (χ1v) is 10.2. The SMILES string of the molecule is CCNC(=NCCCCN1CCC(C(N)=O)CC1)N(C)Cc1ccc(F)cc1. The molecule has 1 saturated heterocycles. The van der Waals surface area contributed by atoms with Crippen LogP contribution in [0.3, 0.4) is 0 Å². The summed E-state index contributed by atoms with van der Waals surface area (Å²) in [6, 6.07) is 6.58. The van der Waals surface area contributed by atoms with E-state index >= 15 is 0 Å². The summed E-state index contributed by atoms with van der Waals surface area (Å²) in [5, 5.41) is 3.32. The van der Waals surface area contributed by atoms with Gasteiger partial charge in [-0.3, -0.25) is 9.79 Å². The molecule has 3 N–H and O–H groups in total. The van der Waals surface area contributed by atoms with Crippen LogP contribution in [-0.2, 0) is 11.3 Å². The van der Waals surface area contributed by atoms with Gasteiger partial charge in [0.2, 0.25) is 5.91 Å². The van der Waals surface area contributed by atoms with E-state index in [2.05, 4.69) is 22.0 Å². The van der Waals surface area contributed by atoms with Crippen molar-refractivity contribution in [1.29, 1.82) is 0 Å². The molecule has 28 heavy (non-hydrogen) atoms. The van der Waals surface area contributed by atoms with Crippen LogP contribution in [0.2, 0.25) is 0 Å². The third-order valence-corrected chi connectivity index (χ3v) is 5.16. The maximum atomic E-state index is 13.1. The number of primary amides is 1. The second kappa shape index (κ2) is 11.6. The van der Waals surface area contributed by atoms with E-state index in [1.54, 1.807) is 12.1 Å². The number of carbonyl (C=O) groups excluding carboxylic acids is 1. The highest BCUT2D eigenvalue weighted by Gasteiger charge is 2.22. The topological polar surface area (TPSA) is 74.0 Å². The maximum Gasteiger partial charge on any atom is 0.220 e. The molecule has 1 heterocycles. The van der Waals surface area contributed by atoms with Crippen LogP contribution < -0.4 is 11.1 Å². The van der Waals surface area contributed by atoms with E-state index < -0.39 is 0 Å². The Bertz CT molecular complexity index is 626. The van der Waals surface area contributed by atoms with E-state index in [-0.39, 0.29) is 17.6 Å². The molecule has 2 rings (SSSR count). The Morgan fingerprint density at radius 1 is 1.29 bits per heavy atom.